The maximum absolute atomic E-state index is 12.5. The number of rotatable bonds is 2. The Bertz CT molecular complexity index is 538. The van der Waals surface area contributed by atoms with E-state index in [4.69, 9.17) is 16.7 Å². The van der Waals surface area contributed by atoms with Crippen molar-refractivity contribution < 1.29 is 9.90 Å². The van der Waals surface area contributed by atoms with E-state index in [0.717, 1.165) is 30.7 Å². The van der Waals surface area contributed by atoms with E-state index in [1.165, 1.54) is 11.1 Å². The average Bonchev–Trinajstić information content (AvgIpc) is 2.72. The van der Waals surface area contributed by atoms with Gasteiger partial charge in [0.1, 0.15) is 6.73 Å². The highest BCUT2D eigenvalue weighted by atomic mass is 35.5. The van der Waals surface area contributed by atoms with Crippen LogP contribution < -0.4 is 5.32 Å². The summed E-state index contributed by atoms with van der Waals surface area (Å²) in [5.74, 6) is -0.225. The molecule has 0 spiro atoms. The van der Waals surface area contributed by atoms with Gasteiger partial charge in [-0.1, -0.05) is 29.3 Å². The summed E-state index contributed by atoms with van der Waals surface area (Å²) in [5, 5.41) is 12.4. The summed E-state index contributed by atoms with van der Waals surface area (Å²) in [7, 11) is 2.11. The van der Waals surface area contributed by atoms with E-state index in [1.54, 1.807) is 0 Å². The summed E-state index contributed by atoms with van der Waals surface area (Å²) < 4.78 is 0. The van der Waals surface area contributed by atoms with Gasteiger partial charge in [-0.05, 0) is 44.4 Å². The number of hydrogen-bond acceptors (Lipinski definition) is 3. The Morgan fingerprint density at radius 1 is 1.48 bits per heavy atom. The molecule has 0 aromatic rings. The Kier molecular flexibility index (Phi) is 4.20. The van der Waals surface area contributed by atoms with Crippen LogP contribution in [0.25, 0.3) is 0 Å². The van der Waals surface area contributed by atoms with Gasteiger partial charge < -0.3 is 10.4 Å². The second kappa shape index (κ2) is 5.95. The lowest BCUT2D eigenvalue weighted by Gasteiger charge is -2.39. The molecule has 2 fully saturated rings. The van der Waals surface area contributed by atoms with Crippen molar-refractivity contribution in [3.63, 3.8) is 0 Å². The number of hydrogen-bond donors (Lipinski definition) is 2. The topological polar surface area (TPSA) is 52.6 Å². The van der Waals surface area contributed by atoms with Gasteiger partial charge in [-0.15, -0.1) is 0 Å². The second-order valence-corrected chi connectivity index (χ2v) is 6.46. The van der Waals surface area contributed by atoms with Crippen LogP contribution >= 0.6 is 11.6 Å². The van der Waals surface area contributed by atoms with Crippen molar-refractivity contribution >= 4 is 17.5 Å². The third kappa shape index (κ3) is 2.68. The van der Waals surface area contributed by atoms with E-state index in [1.807, 2.05) is 18.2 Å². The summed E-state index contributed by atoms with van der Waals surface area (Å²) in [5.41, 5.74) is 2.44. The van der Waals surface area contributed by atoms with E-state index in [-0.39, 0.29) is 24.6 Å². The molecule has 1 amide bonds. The van der Waals surface area contributed by atoms with E-state index in [0.29, 0.717) is 6.04 Å². The van der Waals surface area contributed by atoms with Crippen LogP contribution in [0.15, 0.2) is 34.4 Å². The number of carbonyl (C=O) groups is 1. The van der Waals surface area contributed by atoms with Gasteiger partial charge in [0.2, 0.25) is 5.91 Å². The second-order valence-electron chi connectivity index (χ2n) is 6.02. The molecule has 114 valence electrons. The molecule has 5 heteroatoms. The first-order valence-corrected chi connectivity index (χ1v) is 7.85. The Morgan fingerprint density at radius 2 is 2.29 bits per heavy atom. The van der Waals surface area contributed by atoms with Crippen LogP contribution in [0.2, 0.25) is 0 Å². The predicted molar refractivity (Wildman–Crippen MR) is 82.6 cm³/mol. The number of fused-ring (bicyclic) bond motifs is 2. The van der Waals surface area contributed by atoms with E-state index >= 15 is 0 Å². The lowest BCUT2D eigenvalue weighted by molar-refractivity contribution is -0.127. The zero-order chi connectivity index (χ0) is 15.0. The van der Waals surface area contributed by atoms with Gasteiger partial charge in [0.25, 0.3) is 0 Å². The van der Waals surface area contributed by atoms with Gasteiger partial charge in [-0.3, -0.25) is 9.69 Å². The first kappa shape index (κ1) is 14.8. The molecule has 3 aliphatic rings. The fourth-order valence-electron chi connectivity index (χ4n) is 3.92. The van der Waals surface area contributed by atoms with Crippen LogP contribution in [0, 0.1) is 5.92 Å². The molecule has 2 aliphatic heterocycles. The minimum absolute atomic E-state index is 0.0637. The summed E-state index contributed by atoms with van der Waals surface area (Å²) in [6.45, 7) is -0.306. The normalized spacial score (nSPS) is 35.8. The van der Waals surface area contributed by atoms with Crippen molar-refractivity contribution in [3.8, 4) is 0 Å². The van der Waals surface area contributed by atoms with Crippen LogP contribution in [0.3, 0.4) is 0 Å². The van der Waals surface area contributed by atoms with Gasteiger partial charge >= 0.3 is 0 Å². The molecular weight excluding hydrogens is 288 g/mol. The Morgan fingerprint density at radius 3 is 2.95 bits per heavy atom. The molecule has 2 heterocycles. The standard InChI is InChI=1S/C16H21ClN2O2/c1-19-12-6-7-14(19)15(16(21)18-9-20)13(8-12)10-2-4-11(17)5-3-10/h2,4-5,12,14-15,20H,3,6-9H2,1H3,(H,18,21)/b13-10-. The number of allylic oxidation sites excluding steroid dienone is 5. The summed E-state index contributed by atoms with van der Waals surface area (Å²) in [6, 6.07) is 0.776. The molecule has 2 N–H and O–H groups in total. The molecule has 2 saturated heterocycles. The van der Waals surface area contributed by atoms with Gasteiger partial charge in [0.05, 0.1) is 5.92 Å². The molecule has 3 atom stereocenters. The third-order valence-corrected chi connectivity index (χ3v) is 5.30. The number of aliphatic hydroxyl groups excluding tert-OH is 1. The highest BCUT2D eigenvalue weighted by Crippen LogP contribution is 2.43. The van der Waals surface area contributed by atoms with E-state index in [9.17, 15) is 4.79 Å². The Labute approximate surface area is 130 Å². The van der Waals surface area contributed by atoms with Crippen molar-refractivity contribution in [1.29, 1.82) is 0 Å². The highest BCUT2D eigenvalue weighted by molar-refractivity contribution is 6.31. The van der Waals surface area contributed by atoms with Crippen LogP contribution in [-0.2, 0) is 4.79 Å². The molecule has 0 aromatic heterocycles. The van der Waals surface area contributed by atoms with Gasteiger partial charge in [0, 0.05) is 17.1 Å². The molecule has 4 nitrogen and oxygen atoms in total. The first-order chi connectivity index (χ1) is 10.1. The first-order valence-electron chi connectivity index (χ1n) is 7.48. The zero-order valence-electron chi connectivity index (χ0n) is 12.2. The smallest absolute Gasteiger partial charge is 0.230 e. The number of aliphatic hydroxyl groups is 1. The fourth-order valence-corrected chi connectivity index (χ4v) is 4.06. The third-order valence-electron chi connectivity index (χ3n) is 5.02. The van der Waals surface area contributed by atoms with Crippen LogP contribution in [0.5, 0.6) is 0 Å². The lowest BCUT2D eigenvalue weighted by Crippen LogP contribution is -2.49. The molecule has 0 saturated carbocycles. The number of amides is 1. The van der Waals surface area contributed by atoms with E-state index < -0.39 is 0 Å². The monoisotopic (exact) mass is 308 g/mol. The number of piperidine rings is 1. The van der Waals surface area contributed by atoms with Crippen molar-refractivity contribution in [3.05, 3.63) is 34.4 Å². The summed E-state index contributed by atoms with van der Waals surface area (Å²) in [6.07, 6.45) is 9.84. The Hall–Kier alpha value is -1.10. The van der Waals surface area contributed by atoms with Gasteiger partial charge in [-0.25, -0.2) is 0 Å². The van der Waals surface area contributed by atoms with Crippen molar-refractivity contribution in [2.45, 2.75) is 37.8 Å². The molecule has 2 bridgehead atoms. The molecule has 1 aliphatic carbocycles. The highest BCUT2D eigenvalue weighted by Gasteiger charge is 2.46. The van der Waals surface area contributed by atoms with Crippen molar-refractivity contribution in [2.75, 3.05) is 13.8 Å². The number of carbonyl (C=O) groups excluding carboxylic acids is 1. The SMILES string of the molecule is CN1C2CCC1C(C(=O)NCO)/C(=C1/C=CC(Cl)=CC1)C2. The summed E-state index contributed by atoms with van der Waals surface area (Å²) in [4.78, 5) is 14.8. The molecule has 3 unspecified atom stereocenters. The van der Waals surface area contributed by atoms with Crippen LogP contribution in [0.1, 0.15) is 25.7 Å². The molecular formula is C16H21ClN2O2. The molecule has 3 rings (SSSR count). The maximum Gasteiger partial charge on any atom is 0.230 e. The minimum Gasteiger partial charge on any atom is -0.377 e. The fraction of sp³-hybridized carbons (Fsp3) is 0.562. The average molecular weight is 309 g/mol. The zero-order valence-corrected chi connectivity index (χ0v) is 12.9. The molecule has 0 aromatic carbocycles. The lowest BCUT2D eigenvalue weighted by atomic mass is 9.80. The van der Waals surface area contributed by atoms with Crippen LogP contribution in [-0.4, -0.2) is 41.8 Å². The van der Waals surface area contributed by atoms with Gasteiger partial charge in [-0.2, -0.15) is 0 Å². The molecule has 0 radical (unpaired) electrons. The molecule has 21 heavy (non-hydrogen) atoms. The van der Waals surface area contributed by atoms with Crippen LogP contribution in [0.4, 0.5) is 0 Å². The largest absolute Gasteiger partial charge is 0.377 e. The van der Waals surface area contributed by atoms with Crippen molar-refractivity contribution in [1.82, 2.24) is 10.2 Å². The minimum atomic E-state index is -0.306. The number of halogens is 1. The van der Waals surface area contributed by atoms with E-state index in [2.05, 4.69) is 17.3 Å². The number of nitrogens with zero attached hydrogens (tertiary/aromatic N) is 1. The maximum atomic E-state index is 12.5. The predicted octanol–water partition coefficient (Wildman–Crippen LogP) is 1.91. The Balaban J connectivity index is 1.96. The van der Waals surface area contributed by atoms with Gasteiger partial charge in [0.15, 0.2) is 0 Å². The summed E-state index contributed by atoms with van der Waals surface area (Å²) >= 11 is 5.99. The van der Waals surface area contributed by atoms with Crippen molar-refractivity contribution in [2.24, 2.45) is 5.92 Å². The number of nitrogens with one attached hydrogen (secondary N) is 1. The quantitative estimate of drug-likeness (QED) is 0.766.